The minimum absolute atomic E-state index is 0.127. The third-order valence-corrected chi connectivity index (χ3v) is 7.08. The van der Waals surface area contributed by atoms with Gasteiger partial charge in [0.1, 0.15) is 0 Å². The van der Waals surface area contributed by atoms with Crippen LogP contribution in [0.4, 0.5) is 0 Å². The van der Waals surface area contributed by atoms with Crippen LogP contribution in [0.15, 0.2) is 54.6 Å². The van der Waals surface area contributed by atoms with Gasteiger partial charge in [0.25, 0.3) is 5.91 Å². The van der Waals surface area contributed by atoms with E-state index >= 15 is 0 Å². The van der Waals surface area contributed by atoms with E-state index in [2.05, 4.69) is 17.4 Å². The van der Waals surface area contributed by atoms with Gasteiger partial charge in [-0.15, -0.1) is 0 Å². The minimum Gasteiger partial charge on any atom is -0.481 e. The molecule has 2 atom stereocenters. The van der Waals surface area contributed by atoms with Gasteiger partial charge >= 0.3 is 5.97 Å². The lowest BCUT2D eigenvalue weighted by Crippen LogP contribution is -2.42. The molecule has 4 rings (SSSR count). The molecule has 1 aliphatic heterocycles. The van der Waals surface area contributed by atoms with Gasteiger partial charge in [-0.1, -0.05) is 42.5 Å². The van der Waals surface area contributed by atoms with Crippen molar-refractivity contribution in [1.82, 2.24) is 10.2 Å². The second-order valence-electron chi connectivity index (χ2n) is 9.57. The normalized spacial score (nSPS) is 24.0. The Labute approximate surface area is 200 Å². The first-order chi connectivity index (χ1) is 16.4. The van der Waals surface area contributed by atoms with Crippen molar-refractivity contribution in [2.75, 3.05) is 13.1 Å². The van der Waals surface area contributed by atoms with Crippen LogP contribution in [0.5, 0.6) is 0 Å². The molecule has 2 aromatic carbocycles. The molecule has 2 aliphatic rings. The Kier molecular flexibility index (Phi) is 7.63. The predicted molar refractivity (Wildman–Crippen MR) is 129 cm³/mol. The SMILES string of the molecule is NC1CC(c2ccc(C(=O)NC[C@@H]3C[C@@H](CC(=O)O)C(=O)N3CCCc3ccccc3)cc2)C1. The van der Waals surface area contributed by atoms with E-state index in [9.17, 15) is 19.5 Å². The number of likely N-dealkylation sites (tertiary alicyclic amines) is 1. The van der Waals surface area contributed by atoms with E-state index in [-0.39, 0.29) is 30.3 Å². The smallest absolute Gasteiger partial charge is 0.304 e. The molecule has 0 radical (unpaired) electrons. The molecule has 1 saturated carbocycles. The number of amides is 2. The molecule has 4 N–H and O–H groups in total. The quantitative estimate of drug-likeness (QED) is 0.501. The zero-order valence-electron chi connectivity index (χ0n) is 19.4. The molecule has 34 heavy (non-hydrogen) atoms. The van der Waals surface area contributed by atoms with Crippen molar-refractivity contribution in [1.29, 1.82) is 0 Å². The number of benzene rings is 2. The molecule has 7 heteroatoms. The summed E-state index contributed by atoms with van der Waals surface area (Å²) in [5.41, 5.74) is 8.87. The molecule has 180 valence electrons. The van der Waals surface area contributed by atoms with Crippen LogP contribution in [0, 0.1) is 5.92 Å². The molecular formula is C27H33N3O4. The lowest BCUT2D eigenvalue weighted by Gasteiger charge is -2.32. The van der Waals surface area contributed by atoms with E-state index in [1.54, 1.807) is 4.90 Å². The lowest BCUT2D eigenvalue weighted by atomic mass is 9.76. The van der Waals surface area contributed by atoms with Crippen LogP contribution < -0.4 is 11.1 Å². The van der Waals surface area contributed by atoms with Crippen molar-refractivity contribution in [3.63, 3.8) is 0 Å². The maximum atomic E-state index is 12.9. The summed E-state index contributed by atoms with van der Waals surface area (Å²) in [6, 6.07) is 17.8. The Hall–Kier alpha value is -3.19. The molecule has 2 amide bonds. The van der Waals surface area contributed by atoms with Gasteiger partial charge in [0.15, 0.2) is 0 Å². The van der Waals surface area contributed by atoms with Crippen LogP contribution in [-0.2, 0) is 16.0 Å². The molecule has 1 saturated heterocycles. The second kappa shape index (κ2) is 10.8. The fourth-order valence-electron chi connectivity index (χ4n) is 5.09. The summed E-state index contributed by atoms with van der Waals surface area (Å²) >= 11 is 0. The van der Waals surface area contributed by atoms with Gasteiger partial charge in [-0.05, 0) is 61.3 Å². The van der Waals surface area contributed by atoms with Crippen LogP contribution in [0.1, 0.15) is 59.5 Å². The Bertz CT molecular complexity index is 1000. The van der Waals surface area contributed by atoms with Crippen LogP contribution in [0.3, 0.4) is 0 Å². The van der Waals surface area contributed by atoms with Crippen molar-refractivity contribution >= 4 is 17.8 Å². The Balaban J connectivity index is 1.33. The number of carboxylic acid groups (broad SMARTS) is 1. The number of aliphatic carboxylic acids is 1. The number of carboxylic acids is 1. The third kappa shape index (κ3) is 5.83. The van der Waals surface area contributed by atoms with Crippen molar-refractivity contribution in [2.24, 2.45) is 11.7 Å². The van der Waals surface area contributed by atoms with Gasteiger partial charge in [-0.2, -0.15) is 0 Å². The summed E-state index contributed by atoms with van der Waals surface area (Å²) in [6.07, 6.45) is 3.86. The highest BCUT2D eigenvalue weighted by molar-refractivity contribution is 5.94. The van der Waals surface area contributed by atoms with E-state index in [0.29, 0.717) is 31.0 Å². The number of nitrogens with two attached hydrogens (primary N) is 1. The fourth-order valence-corrected chi connectivity index (χ4v) is 5.09. The van der Waals surface area contributed by atoms with Gasteiger partial charge < -0.3 is 21.1 Å². The van der Waals surface area contributed by atoms with Crippen LogP contribution in [0.25, 0.3) is 0 Å². The van der Waals surface area contributed by atoms with Crippen LogP contribution >= 0.6 is 0 Å². The van der Waals surface area contributed by atoms with E-state index in [1.807, 2.05) is 42.5 Å². The number of carbonyl (C=O) groups is 3. The van der Waals surface area contributed by atoms with E-state index in [4.69, 9.17) is 5.73 Å². The molecular weight excluding hydrogens is 430 g/mol. The third-order valence-electron chi connectivity index (χ3n) is 7.08. The average molecular weight is 464 g/mol. The topological polar surface area (TPSA) is 113 Å². The van der Waals surface area contributed by atoms with E-state index in [0.717, 1.165) is 25.7 Å². The van der Waals surface area contributed by atoms with Gasteiger partial charge in [0.05, 0.1) is 12.3 Å². The molecule has 7 nitrogen and oxygen atoms in total. The average Bonchev–Trinajstić information content (AvgIpc) is 3.10. The highest BCUT2D eigenvalue weighted by atomic mass is 16.4. The van der Waals surface area contributed by atoms with Gasteiger partial charge in [-0.25, -0.2) is 0 Å². The molecule has 0 unspecified atom stereocenters. The summed E-state index contributed by atoms with van der Waals surface area (Å²) < 4.78 is 0. The maximum Gasteiger partial charge on any atom is 0.304 e. The van der Waals surface area contributed by atoms with E-state index < -0.39 is 11.9 Å². The first kappa shape index (κ1) is 24.0. The number of carbonyl (C=O) groups excluding carboxylic acids is 2. The van der Waals surface area contributed by atoms with Crippen LogP contribution in [0.2, 0.25) is 0 Å². The molecule has 0 bridgehead atoms. The Morgan fingerprint density at radius 1 is 1.03 bits per heavy atom. The zero-order chi connectivity index (χ0) is 24.1. The summed E-state index contributed by atoms with van der Waals surface area (Å²) in [5, 5.41) is 12.2. The monoisotopic (exact) mass is 463 g/mol. The largest absolute Gasteiger partial charge is 0.481 e. The number of hydrogen-bond acceptors (Lipinski definition) is 4. The van der Waals surface area contributed by atoms with Gasteiger partial charge in [0.2, 0.25) is 5.91 Å². The molecule has 2 aromatic rings. The number of hydrogen-bond donors (Lipinski definition) is 3. The molecule has 0 aromatic heterocycles. The fraction of sp³-hybridized carbons (Fsp3) is 0.444. The first-order valence-corrected chi connectivity index (χ1v) is 12.1. The Morgan fingerprint density at radius 3 is 2.38 bits per heavy atom. The van der Waals surface area contributed by atoms with Crippen molar-refractivity contribution in [2.45, 2.75) is 56.5 Å². The second-order valence-corrected chi connectivity index (χ2v) is 9.57. The van der Waals surface area contributed by atoms with Gasteiger partial charge in [-0.3, -0.25) is 14.4 Å². The number of rotatable bonds is 10. The summed E-state index contributed by atoms with van der Waals surface area (Å²) in [7, 11) is 0. The first-order valence-electron chi connectivity index (χ1n) is 12.1. The van der Waals surface area contributed by atoms with E-state index in [1.165, 1.54) is 11.1 Å². The Morgan fingerprint density at radius 2 is 1.74 bits per heavy atom. The molecule has 2 fully saturated rings. The number of nitrogens with zero attached hydrogens (tertiary/aromatic N) is 1. The summed E-state index contributed by atoms with van der Waals surface area (Å²) in [5.74, 6) is -1.34. The van der Waals surface area contributed by atoms with Crippen molar-refractivity contribution < 1.29 is 19.5 Å². The van der Waals surface area contributed by atoms with Crippen LogP contribution in [-0.4, -0.2) is 53.0 Å². The molecule has 1 heterocycles. The highest BCUT2D eigenvalue weighted by Gasteiger charge is 2.40. The summed E-state index contributed by atoms with van der Waals surface area (Å²) in [4.78, 5) is 38.6. The number of aryl methyl sites for hydroxylation is 1. The summed E-state index contributed by atoms with van der Waals surface area (Å²) in [6.45, 7) is 0.855. The standard InChI is InChI=1S/C27H33N3O4/c28-23-13-21(14-23)19-8-10-20(11-9-19)26(33)29-17-24-15-22(16-25(31)32)27(34)30(24)12-4-7-18-5-2-1-3-6-18/h1-3,5-6,8-11,21-24H,4,7,12-17,28H2,(H,29,33)(H,31,32)/t21?,22-,23?,24-/m0/s1. The molecule has 0 spiro atoms. The predicted octanol–water partition coefficient (Wildman–Crippen LogP) is 2.95. The lowest BCUT2D eigenvalue weighted by molar-refractivity contribution is -0.142. The highest BCUT2D eigenvalue weighted by Crippen LogP contribution is 2.35. The zero-order valence-corrected chi connectivity index (χ0v) is 19.4. The van der Waals surface area contributed by atoms with Gasteiger partial charge in [0, 0.05) is 30.7 Å². The number of nitrogens with one attached hydrogen (secondary N) is 1. The van der Waals surface area contributed by atoms with Crippen molar-refractivity contribution in [3.8, 4) is 0 Å². The molecule has 1 aliphatic carbocycles. The van der Waals surface area contributed by atoms with Crippen molar-refractivity contribution in [3.05, 3.63) is 71.3 Å². The minimum atomic E-state index is -0.972. The maximum absolute atomic E-state index is 12.9.